The number of aromatic nitrogens is 2. The quantitative estimate of drug-likeness (QED) is 0.851. The van der Waals surface area contributed by atoms with E-state index in [4.69, 9.17) is 4.74 Å². The number of ether oxygens (including phenoxy) is 1. The average molecular weight is 317 g/mol. The molecule has 0 saturated heterocycles. The summed E-state index contributed by atoms with van der Waals surface area (Å²) in [5.74, 6) is 0. The number of aliphatic hydroxyl groups is 1. The Hall–Kier alpha value is -1.61. The fraction of sp³-hybridized carbons (Fsp3) is 0.667. The SMILES string of the molecule is CC(C)(C)OC(=O)N1Cc2c(cnn2S(C)(=O)=O)[C@@H]1CO. The van der Waals surface area contributed by atoms with Crippen LogP contribution in [0.5, 0.6) is 0 Å². The van der Waals surface area contributed by atoms with Crippen LogP contribution in [0.1, 0.15) is 38.1 Å². The van der Waals surface area contributed by atoms with Gasteiger partial charge in [0.2, 0.25) is 0 Å². The molecule has 1 amide bonds. The molecule has 1 aromatic rings. The normalized spacial score (nSPS) is 18.7. The zero-order valence-corrected chi connectivity index (χ0v) is 13.2. The second kappa shape index (κ2) is 4.99. The lowest BCUT2D eigenvalue weighted by molar-refractivity contribution is 0.0107. The third-order valence-corrected chi connectivity index (χ3v) is 3.98. The number of carbonyl (C=O) groups excluding carboxylic acids is 1. The molecule has 8 nitrogen and oxygen atoms in total. The molecule has 0 saturated carbocycles. The Morgan fingerprint density at radius 2 is 2.14 bits per heavy atom. The highest BCUT2D eigenvalue weighted by Crippen LogP contribution is 2.34. The minimum atomic E-state index is -3.56. The molecule has 0 aliphatic carbocycles. The molecule has 0 bridgehead atoms. The maximum atomic E-state index is 12.2. The summed E-state index contributed by atoms with van der Waals surface area (Å²) in [5.41, 5.74) is 0.227. The van der Waals surface area contributed by atoms with E-state index < -0.39 is 27.8 Å². The van der Waals surface area contributed by atoms with Crippen molar-refractivity contribution in [1.29, 1.82) is 0 Å². The van der Waals surface area contributed by atoms with Crippen molar-refractivity contribution in [3.8, 4) is 0 Å². The molecule has 1 aliphatic rings. The molecular weight excluding hydrogens is 298 g/mol. The molecule has 0 aromatic carbocycles. The Balaban J connectivity index is 2.34. The molecule has 21 heavy (non-hydrogen) atoms. The summed E-state index contributed by atoms with van der Waals surface area (Å²) >= 11 is 0. The Labute approximate surface area is 123 Å². The molecule has 0 spiro atoms. The lowest BCUT2D eigenvalue weighted by atomic mass is 10.2. The molecule has 9 heteroatoms. The molecule has 1 N–H and O–H groups in total. The van der Waals surface area contributed by atoms with Crippen LogP contribution in [0.25, 0.3) is 0 Å². The first kappa shape index (κ1) is 15.8. The smallest absolute Gasteiger partial charge is 0.411 e. The maximum Gasteiger partial charge on any atom is 0.411 e. The van der Waals surface area contributed by atoms with E-state index >= 15 is 0 Å². The first-order valence-corrected chi connectivity index (χ1v) is 8.27. The van der Waals surface area contributed by atoms with E-state index in [0.717, 1.165) is 10.3 Å². The van der Waals surface area contributed by atoms with Gasteiger partial charge in [-0.1, -0.05) is 0 Å². The second-order valence-corrected chi connectivity index (χ2v) is 7.77. The molecule has 0 unspecified atom stereocenters. The zero-order valence-electron chi connectivity index (χ0n) is 12.4. The lowest BCUT2D eigenvalue weighted by Crippen LogP contribution is -2.37. The molecular formula is C12H19N3O5S. The minimum absolute atomic E-state index is 0.0303. The summed E-state index contributed by atoms with van der Waals surface area (Å²) in [5, 5.41) is 13.3. The van der Waals surface area contributed by atoms with Crippen LogP contribution in [0, 0.1) is 0 Å². The fourth-order valence-electron chi connectivity index (χ4n) is 2.23. The number of hydrogen-bond donors (Lipinski definition) is 1. The van der Waals surface area contributed by atoms with Gasteiger partial charge < -0.3 is 9.84 Å². The van der Waals surface area contributed by atoms with Crippen molar-refractivity contribution in [2.24, 2.45) is 0 Å². The van der Waals surface area contributed by atoms with Crippen LogP contribution in [0.2, 0.25) is 0 Å². The minimum Gasteiger partial charge on any atom is -0.444 e. The standard InChI is InChI=1S/C12H19N3O5S/c1-12(2,3)20-11(17)14-6-9-8(10(14)7-16)5-13-15(9)21(4,18)19/h5,10,16H,6-7H2,1-4H3/t10-/m0/s1. The number of rotatable bonds is 2. The molecule has 1 atom stereocenters. The topological polar surface area (TPSA) is 102 Å². The Bertz CT molecular complexity index is 659. The number of fused-ring (bicyclic) bond motifs is 1. The number of amides is 1. The Morgan fingerprint density at radius 3 is 2.62 bits per heavy atom. The third-order valence-electron chi connectivity index (χ3n) is 3.04. The van der Waals surface area contributed by atoms with Gasteiger partial charge in [-0.15, -0.1) is 0 Å². The third kappa shape index (κ3) is 3.03. The first-order chi connectivity index (χ1) is 9.54. The number of nitrogens with zero attached hydrogens (tertiary/aromatic N) is 3. The number of aliphatic hydroxyl groups excluding tert-OH is 1. The largest absolute Gasteiger partial charge is 0.444 e. The van der Waals surface area contributed by atoms with Crippen LogP contribution >= 0.6 is 0 Å². The van der Waals surface area contributed by atoms with Gasteiger partial charge in [0, 0.05) is 5.56 Å². The van der Waals surface area contributed by atoms with Crippen molar-refractivity contribution in [2.75, 3.05) is 12.9 Å². The van der Waals surface area contributed by atoms with Gasteiger partial charge in [0.25, 0.3) is 10.0 Å². The highest BCUT2D eigenvalue weighted by Gasteiger charge is 2.39. The van der Waals surface area contributed by atoms with Crippen molar-refractivity contribution in [1.82, 2.24) is 14.1 Å². The van der Waals surface area contributed by atoms with Crippen LogP contribution in [0.3, 0.4) is 0 Å². The molecule has 2 rings (SSSR count). The molecule has 0 fully saturated rings. The Morgan fingerprint density at radius 1 is 1.52 bits per heavy atom. The zero-order chi connectivity index (χ0) is 16.0. The predicted octanol–water partition coefficient (Wildman–Crippen LogP) is 0.475. The monoisotopic (exact) mass is 317 g/mol. The van der Waals surface area contributed by atoms with Crippen LogP contribution in [0.4, 0.5) is 4.79 Å². The van der Waals surface area contributed by atoms with Gasteiger partial charge >= 0.3 is 6.09 Å². The summed E-state index contributed by atoms with van der Waals surface area (Å²) < 4.78 is 29.5. The summed E-state index contributed by atoms with van der Waals surface area (Å²) in [6, 6.07) is -0.648. The van der Waals surface area contributed by atoms with E-state index in [1.54, 1.807) is 20.8 Å². The van der Waals surface area contributed by atoms with Gasteiger partial charge in [-0.3, -0.25) is 4.90 Å². The fourth-order valence-corrected chi connectivity index (χ4v) is 3.02. The van der Waals surface area contributed by atoms with Gasteiger partial charge in [0.05, 0.1) is 37.3 Å². The van der Waals surface area contributed by atoms with Gasteiger partial charge in [0.1, 0.15) is 5.60 Å². The Kier molecular flexibility index (Phi) is 3.75. The average Bonchev–Trinajstić information content (AvgIpc) is 2.81. The van der Waals surface area contributed by atoms with Crippen molar-refractivity contribution in [3.05, 3.63) is 17.5 Å². The first-order valence-electron chi connectivity index (χ1n) is 6.42. The molecule has 0 radical (unpaired) electrons. The van der Waals surface area contributed by atoms with E-state index in [0.29, 0.717) is 11.3 Å². The highest BCUT2D eigenvalue weighted by atomic mass is 32.2. The van der Waals surface area contributed by atoms with E-state index in [9.17, 15) is 18.3 Å². The summed E-state index contributed by atoms with van der Waals surface area (Å²) in [4.78, 5) is 13.5. The van der Waals surface area contributed by atoms with Gasteiger partial charge in [-0.2, -0.15) is 9.19 Å². The predicted molar refractivity (Wildman–Crippen MR) is 74.1 cm³/mol. The molecule has 1 aliphatic heterocycles. The number of hydrogen-bond acceptors (Lipinski definition) is 6. The van der Waals surface area contributed by atoms with Gasteiger partial charge in [-0.05, 0) is 20.8 Å². The summed E-state index contributed by atoms with van der Waals surface area (Å²) in [7, 11) is -3.56. The van der Waals surface area contributed by atoms with Crippen LogP contribution in [-0.2, 0) is 21.3 Å². The van der Waals surface area contributed by atoms with Crippen molar-refractivity contribution in [2.45, 2.75) is 39.0 Å². The maximum absolute atomic E-state index is 12.2. The van der Waals surface area contributed by atoms with Crippen LogP contribution in [0.15, 0.2) is 6.20 Å². The van der Waals surface area contributed by atoms with Crippen LogP contribution < -0.4 is 0 Å². The summed E-state index contributed by atoms with van der Waals surface area (Å²) in [6.45, 7) is 4.91. The van der Waals surface area contributed by atoms with Crippen molar-refractivity contribution >= 4 is 16.1 Å². The number of carbonyl (C=O) groups is 1. The van der Waals surface area contributed by atoms with Gasteiger partial charge in [-0.25, -0.2) is 13.2 Å². The lowest BCUT2D eigenvalue weighted by Gasteiger charge is -2.27. The van der Waals surface area contributed by atoms with E-state index in [1.165, 1.54) is 11.1 Å². The summed E-state index contributed by atoms with van der Waals surface area (Å²) in [6.07, 6.45) is 1.80. The molecule has 118 valence electrons. The van der Waals surface area contributed by atoms with Crippen molar-refractivity contribution < 1.29 is 23.1 Å². The van der Waals surface area contributed by atoms with E-state index in [1.807, 2.05) is 0 Å². The van der Waals surface area contributed by atoms with E-state index in [2.05, 4.69) is 5.10 Å². The van der Waals surface area contributed by atoms with Crippen molar-refractivity contribution in [3.63, 3.8) is 0 Å². The highest BCUT2D eigenvalue weighted by molar-refractivity contribution is 7.89. The molecule has 2 heterocycles. The molecule has 1 aromatic heterocycles. The second-order valence-electron chi connectivity index (χ2n) is 5.96. The van der Waals surface area contributed by atoms with Crippen LogP contribution in [-0.4, -0.2) is 52.2 Å². The van der Waals surface area contributed by atoms with Gasteiger partial charge in [0.15, 0.2) is 0 Å². The van der Waals surface area contributed by atoms with E-state index in [-0.39, 0.29) is 13.2 Å².